The molecule has 2 aromatic carbocycles. The second kappa shape index (κ2) is 11.4. The van der Waals surface area contributed by atoms with Gasteiger partial charge in [0.05, 0.1) is 16.0 Å². The smallest absolute Gasteiger partial charge is 0.141 e. The van der Waals surface area contributed by atoms with Crippen LogP contribution in [-0.4, -0.2) is 30.5 Å². The first-order valence-corrected chi connectivity index (χ1v) is 17.1. The molecule has 0 saturated carbocycles. The SMILES string of the molecule is CSc1nc(C(c2ccc(F)c(Cl)c2)c2ccc(F)c(Cl)c2)n(COCC[Si](C)(C)C)c1I. The van der Waals surface area contributed by atoms with E-state index in [1.165, 1.54) is 23.9 Å². The Kier molecular flexibility index (Phi) is 9.30. The van der Waals surface area contributed by atoms with Crippen LogP contribution in [0, 0.1) is 15.3 Å². The minimum atomic E-state index is -1.23. The van der Waals surface area contributed by atoms with Crippen LogP contribution in [-0.2, 0) is 11.5 Å². The quantitative estimate of drug-likeness (QED) is 0.102. The van der Waals surface area contributed by atoms with Crippen LogP contribution in [0.2, 0.25) is 35.7 Å². The van der Waals surface area contributed by atoms with Gasteiger partial charge in [0.15, 0.2) is 0 Å². The Morgan fingerprint density at radius 3 is 2.06 bits per heavy atom. The highest BCUT2D eigenvalue weighted by Gasteiger charge is 2.27. The molecular weight excluding hydrogens is 616 g/mol. The van der Waals surface area contributed by atoms with Crippen molar-refractivity contribution >= 4 is 65.6 Å². The largest absolute Gasteiger partial charge is 0.361 e. The molecule has 0 N–H and O–H groups in total. The van der Waals surface area contributed by atoms with Crippen molar-refractivity contribution in [3.05, 3.63) is 78.7 Å². The van der Waals surface area contributed by atoms with E-state index in [0.717, 1.165) is 25.9 Å². The number of benzene rings is 2. The third kappa shape index (κ3) is 6.73. The number of thioether (sulfide) groups is 1. The lowest BCUT2D eigenvalue weighted by atomic mass is 9.90. The fourth-order valence-electron chi connectivity index (χ4n) is 3.31. The molecule has 0 aliphatic carbocycles. The fraction of sp³-hybridized carbons (Fsp3) is 0.348. The van der Waals surface area contributed by atoms with Crippen LogP contribution >= 0.6 is 57.6 Å². The van der Waals surface area contributed by atoms with Gasteiger partial charge >= 0.3 is 0 Å². The summed E-state index contributed by atoms with van der Waals surface area (Å²) in [7, 11) is -1.23. The van der Waals surface area contributed by atoms with Gasteiger partial charge in [0, 0.05) is 14.7 Å². The third-order valence-electron chi connectivity index (χ3n) is 5.13. The topological polar surface area (TPSA) is 27.1 Å². The average molecular weight is 641 g/mol. The molecule has 0 atom stereocenters. The summed E-state index contributed by atoms with van der Waals surface area (Å²) in [6.07, 6.45) is 1.96. The number of ether oxygens (including phenoxy) is 1. The van der Waals surface area contributed by atoms with Gasteiger partial charge in [-0.25, -0.2) is 13.8 Å². The molecule has 0 spiro atoms. The summed E-state index contributed by atoms with van der Waals surface area (Å²) < 4.78 is 36.9. The van der Waals surface area contributed by atoms with Crippen molar-refractivity contribution in [2.24, 2.45) is 0 Å². The first-order chi connectivity index (χ1) is 15.5. The van der Waals surface area contributed by atoms with E-state index in [1.54, 1.807) is 24.3 Å². The van der Waals surface area contributed by atoms with Crippen molar-refractivity contribution in [1.82, 2.24) is 9.55 Å². The summed E-state index contributed by atoms with van der Waals surface area (Å²) in [6.45, 7) is 7.91. The lowest BCUT2D eigenvalue weighted by Gasteiger charge is -2.21. The van der Waals surface area contributed by atoms with E-state index in [0.29, 0.717) is 19.2 Å². The first kappa shape index (κ1) is 26.9. The summed E-state index contributed by atoms with van der Waals surface area (Å²) in [5.74, 6) is -0.763. The summed E-state index contributed by atoms with van der Waals surface area (Å²) in [4.78, 5) is 4.89. The van der Waals surface area contributed by atoms with Gasteiger partial charge in [-0.2, -0.15) is 0 Å². The number of hydrogen-bond donors (Lipinski definition) is 0. The predicted molar refractivity (Wildman–Crippen MR) is 145 cm³/mol. The zero-order valence-electron chi connectivity index (χ0n) is 18.8. The molecule has 3 aromatic rings. The molecule has 1 aromatic heterocycles. The van der Waals surface area contributed by atoms with E-state index in [1.807, 2.05) is 10.8 Å². The standard InChI is InChI=1S/C23H25Cl2F2IN2OSSi/c1-32-23-21(28)30(13-31-9-10-33(2,3)4)22(29-23)20(14-5-7-18(26)16(24)11-14)15-6-8-19(27)17(25)12-15/h5-8,11-12,20H,9-10,13H2,1-4H3. The van der Waals surface area contributed by atoms with Gasteiger partial charge in [-0.15, -0.1) is 11.8 Å². The van der Waals surface area contributed by atoms with Crippen LogP contribution in [0.25, 0.3) is 0 Å². The minimum absolute atomic E-state index is 0.00925. The maximum Gasteiger partial charge on any atom is 0.141 e. The highest BCUT2D eigenvalue weighted by molar-refractivity contribution is 14.1. The van der Waals surface area contributed by atoms with Gasteiger partial charge in [0.1, 0.15) is 32.9 Å². The molecule has 0 aliphatic heterocycles. The van der Waals surface area contributed by atoms with Crippen LogP contribution < -0.4 is 0 Å². The van der Waals surface area contributed by atoms with E-state index < -0.39 is 25.6 Å². The van der Waals surface area contributed by atoms with Crippen molar-refractivity contribution in [3.63, 3.8) is 0 Å². The Hall–Kier alpha value is -0.653. The van der Waals surface area contributed by atoms with Gasteiger partial charge < -0.3 is 4.74 Å². The zero-order valence-corrected chi connectivity index (χ0v) is 24.2. The number of nitrogens with zero attached hydrogens (tertiary/aromatic N) is 2. The number of aromatic nitrogens is 2. The molecule has 0 aliphatic rings. The summed E-state index contributed by atoms with van der Waals surface area (Å²) in [5.41, 5.74) is 1.45. The maximum absolute atomic E-state index is 13.9. The van der Waals surface area contributed by atoms with Gasteiger partial charge in [0.2, 0.25) is 0 Å². The molecule has 0 radical (unpaired) electrons. The summed E-state index contributed by atoms with van der Waals surface area (Å²) >= 11 is 16.0. The van der Waals surface area contributed by atoms with Crippen LogP contribution in [0.15, 0.2) is 41.4 Å². The summed E-state index contributed by atoms with van der Waals surface area (Å²) in [5, 5.41) is 0.871. The Morgan fingerprint density at radius 2 is 1.61 bits per heavy atom. The molecule has 0 amide bonds. The normalized spacial score (nSPS) is 12.1. The molecule has 0 unspecified atom stereocenters. The fourth-order valence-corrected chi connectivity index (χ4v) is 6.07. The number of hydrogen-bond acceptors (Lipinski definition) is 3. The first-order valence-electron chi connectivity index (χ1n) is 10.3. The summed E-state index contributed by atoms with van der Waals surface area (Å²) in [6, 6.07) is 10.2. The Labute approximate surface area is 222 Å². The van der Waals surface area contributed by atoms with Crippen LogP contribution in [0.3, 0.4) is 0 Å². The second-order valence-electron chi connectivity index (χ2n) is 8.83. The lowest BCUT2D eigenvalue weighted by molar-refractivity contribution is 0.0831. The monoisotopic (exact) mass is 640 g/mol. The zero-order chi connectivity index (χ0) is 24.3. The Balaban J connectivity index is 2.10. The van der Waals surface area contributed by atoms with Crippen molar-refractivity contribution < 1.29 is 13.5 Å². The lowest BCUT2D eigenvalue weighted by Crippen LogP contribution is -2.22. The molecule has 178 valence electrons. The minimum Gasteiger partial charge on any atom is -0.361 e. The van der Waals surface area contributed by atoms with E-state index in [9.17, 15) is 8.78 Å². The Bertz CT molecular complexity index is 1090. The van der Waals surface area contributed by atoms with Gasteiger partial charge in [-0.3, -0.25) is 4.57 Å². The van der Waals surface area contributed by atoms with Crippen molar-refractivity contribution in [3.8, 4) is 0 Å². The van der Waals surface area contributed by atoms with Crippen molar-refractivity contribution in [1.29, 1.82) is 0 Å². The Morgan fingerprint density at radius 1 is 1.06 bits per heavy atom. The molecule has 0 fully saturated rings. The molecular formula is C23H25Cl2F2IN2OSSi. The predicted octanol–water partition coefficient (Wildman–Crippen LogP) is 8.29. The maximum atomic E-state index is 13.9. The van der Waals surface area contributed by atoms with E-state index >= 15 is 0 Å². The molecule has 3 rings (SSSR count). The van der Waals surface area contributed by atoms with Gasteiger partial charge in [0.25, 0.3) is 0 Å². The molecule has 3 nitrogen and oxygen atoms in total. The van der Waals surface area contributed by atoms with Crippen molar-refractivity contribution in [2.75, 3.05) is 12.9 Å². The second-order valence-corrected chi connectivity index (χ2v) is 17.1. The molecule has 10 heteroatoms. The van der Waals surface area contributed by atoms with Crippen LogP contribution in [0.4, 0.5) is 8.78 Å². The molecule has 0 bridgehead atoms. The number of halogens is 5. The van der Waals surface area contributed by atoms with Crippen molar-refractivity contribution in [2.45, 2.75) is 43.4 Å². The van der Waals surface area contributed by atoms with E-state index in [4.69, 9.17) is 32.9 Å². The molecule has 33 heavy (non-hydrogen) atoms. The highest BCUT2D eigenvalue weighted by atomic mass is 127. The van der Waals surface area contributed by atoms with Gasteiger partial charge in [-0.1, -0.05) is 55.0 Å². The third-order valence-corrected chi connectivity index (χ3v) is 9.54. The van der Waals surface area contributed by atoms with E-state index in [-0.39, 0.29) is 10.0 Å². The highest BCUT2D eigenvalue weighted by Crippen LogP contribution is 2.37. The van der Waals surface area contributed by atoms with Crippen LogP contribution in [0.1, 0.15) is 22.9 Å². The number of imidazole rings is 1. The molecule has 0 saturated heterocycles. The van der Waals surface area contributed by atoms with Gasteiger partial charge in [-0.05, 0) is 70.3 Å². The van der Waals surface area contributed by atoms with Crippen LogP contribution in [0.5, 0.6) is 0 Å². The number of rotatable bonds is 9. The molecule has 1 heterocycles. The van der Waals surface area contributed by atoms with E-state index in [2.05, 4.69) is 42.2 Å². The average Bonchev–Trinajstić information content (AvgIpc) is 3.05.